The molecule has 0 bridgehead atoms. The van der Waals surface area contributed by atoms with Gasteiger partial charge in [0.05, 0.1) is 0 Å². The first-order valence-electron chi connectivity index (χ1n) is 4.01. The van der Waals surface area contributed by atoms with Crippen LogP contribution in [0.25, 0.3) is 10.8 Å². The number of fused-ring (bicyclic) bond motifs is 1. The number of aromatic nitrogens is 1. The topological polar surface area (TPSA) is 71.9 Å². The molecule has 2 rings (SSSR count). The maximum Gasteiger partial charge on any atom is 0.154 e. The Morgan fingerprint density at radius 1 is 1.43 bits per heavy atom. The van der Waals surface area contributed by atoms with Crippen LogP contribution in [0, 0.1) is 11.3 Å². The lowest BCUT2D eigenvalue weighted by Crippen LogP contribution is -2.02. The second-order valence-corrected chi connectivity index (χ2v) is 2.78. The minimum atomic E-state index is 0.349. The molecule has 0 fully saturated rings. The molecule has 0 unspecified atom stereocenters. The van der Waals surface area contributed by atoms with Gasteiger partial charge < -0.3 is 4.84 Å². The highest BCUT2D eigenvalue weighted by Gasteiger charge is 2.02. The van der Waals surface area contributed by atoms with E-state index < -0.39 is 0 Å². The lowest BCUT2D eigenvalue weighted by molar-refractivity contribution is 0.338. The highest BCUT2D eigenvalue weighted by molar-refractivity contribution is 5.88. The molecule has 14 heavy (non-hydrogen) atoms. The molecule has 0 aliphatic rings. The summed E-state index contributed by atoms with van der Waals surface area (Å²) in [5.74, 6) is 5.65. The van der Waals surface area contributed by atoms with Crippen LogP contribution in [0.2, 0.25) is 0 Å². The molecular formula is C10H7N3O. The molecule has 0 saturated carbocycles. The first kappa shape index (κ1) is 8.48. The van der Waals surface area contributed by atoms with Gasteiger partial charge in [-0.25, -0.2) is 4.98 Å². The lowest BCUT2D eigenvalue weighted by atomic mass is 10.1. The first-order chi connectivity index (χ1) is 6.85. The van der Waals surface area contributed by atoms with E-state index in [-0.39, 0.29) is 0 Å². The van der Waals surface area contributed by atoms with E-state index in [4.69, 9.17) is 11.2 Å². The van der Waals surface area contributed by atoms with E-state index in [9.17, 15) is 0 Å². The molecule has 1 aromatic carbocycles. The highest BCUT2D eigenvalue weighted by atomic mass is 16.6. The van der Waals surface area contributed by atoms with Crippen molar-refractivity contribution in [1.29, 1.82) is 5.26 Å². The molecule has 2 N–H and O–H groups in total. The number of nitriles is 1. The van der Waals surface area contributed by atoms with Gasteiger partial charge in [0.2, 0.25) is 0 Å². The van der Waals surface area contributed by atoms with E-state index >= 15 is 0 Å². The number of nitrogens with two attached hydrogens (primary N) is 1. The fraction of sp³-hybridized carbons (Fsp3) is 0. The predicted octanol–water partition coefficient (Wildman–Crippen LogP) is 1.36. The van der Waals surface area contributed by atoms with Crippen LogP contribution in [0.5, 0.6) is 5.75 Å². The molecule has 4 heteroatoms. The third-order valence-corrected chi connectivity index (χ3v) is 1.97. The summed E-state index contributed by atoms with van der Waals surface area (Å²) < 4.78 is 0. The van der Waals surface area contributed by atoms with Crippen LogP contribution in [0.3, 0.4) is 0 Å². The van der Waals surface area contributed by atoms with Gasteiger partial charge >= 0.3 is 0 Å². The average Bonchev–Trinajstić information content (AvgIpc) is 2.27. The largest absolute Gasteiger partial charge is 0.411 e. The average molecular weight is 185 g/mol. The van der Waals surface area contributed by atoms with Gasteiger partial charge in [0.25, 0.3) is 0 Å². The van der Waals surface area contributed by atoms with Gasteiger partial charge in [-0.05, 0) is 12.1 Å². The highest BCUT2D eigenvalue weighted by Crippen LogP contribution is 2.24. The summed E-state index contributed by atoms with van der Waals surface area (Å²) in [6.07, 6.45) is 1.62. The molecule has 0 amide bonds. The Bertz CT molecular complexity index is 516. The minimum absolute atomic E-state index is 0.349. The summed E-state index contributed by atoms with van der Waals surface area (Å²) in [5.41, 5.74) is 0.349. The van der Waals surface area contributed by atoms with Crippen LogP contribution in [0.4, 0.5) is 0 Å². The summed E-state index contributed by atoms with van der Waals surface area (Å²) in [4.78, 5) is 8.63. The minimum Gasteiger partial charge on any atom is -0.411 e. The quantitative estimate of drug-likeness (QED) is 0.681. The second kappa shape index (κ2) is 3.32. The summed E-state index contributed by atoms with van der Waals surface area (Å²) in [5, 5.41) is 10.4. The molecule has 1 heterocycles. The normalized spacial score (nSPS) is 9.71. The molecule has 0 atom stereocenters. The number of pyridine rings is 1. The Morgan fingerprint density at radius 2 is 2.29 bits per heavy atom. The lowest BCUT2D eigenvalue weighted by Gasteiger charge is -2.03. The van der Waals surface area contributed by atoms with Gasteiger partial charge in [0.15, 0.2) is 5.75 Å². The van der Waals surface area contributed by atoms with Crippen molar-refractivity contribution in [2.45, 2.75) is 0 Å². The van der Waals surface area contributed by atoms with E-state index in [0.29, 0.717) is 11.4 Å². The molecule has 0 aliphatic carbocycles. The van der Waals surface area contributed by atoms with Crippen molar-refractivity contribution < 1.29 is 4.84 Å². The van der Waals surface area contributed by atoms with Crippen molar-refractivity contribution in [3.63, 3.8) is 0 Å². The standard InChI is InChI=1S/C10H7N3O/c11-5-8-4-9-7(6-13-8)2-1-3-10(9)14-12/h1-4,6H,12H2. The molecule has 0 aliphatic heterocycles. The number of benzene rings is 1. The van der Waals surface area contributed by atoms with E-state index in [1.54, 1.807) is 18.3 Å². The van der Waals surface area contributed by atoms with Gasteiger partial charge in [-0.1, -0.05) is 12.1 Å². The summed E-state index contributed by atoms with van der Waals surface area (Å²) in [7, 11) is 0. The Labute approximate surface area is 80.5 Å². The third kappa shape index (κ3) is 1.26. The number of hydrogen-bond acceptors (Lipinski definition) is 4. The van der Waals surface area contributed by atoms with E-state index in [1.165, 1.54) is 0 Å². The maximum absolute atomic E-state index is 8.68. The van der Waals surface area contributed by atoms with E-state index in [2.05, 4.69) is 9.82 Å². The van der Waals surface area contributed by atoms with Crippen molar-refractivity contribution >= 4 is 10.8 Å². The fourth-order valence-electron chi connectivity index (χ4n) is 1.31. The van der Waals surface area contributed by atoms with Gasteiger partial charge in [-0.2, -0.15) is 11.2 Å². The Morgan fingerprint density at radius 3 is 3.00 bits per heavy atom. The summed E-state index contributed by atoms with van der Waals surface area (Å²) in [6.45, 7) is 0. The van der Waals surface area contributed by atoms with Crippen LogP contribution in [0.1, 0.15) is 5.69 Å². The van der Waals surface area contributed by atoms with Crippen LogP contribution >= 0.6 is 0 Å². The van der Waals surface area contributed by atoms with Crippen LogP contribution in [0.15, 0.2) is 30.5 Å². The molecule has 0 saturated heterocycles. The maximum atomic E-state index is 8.68. The zero-order valence-corrected chi connectivity index (χ0v) is 7.27. The SMILES string of the molecule is N#Cc1cc2c(ON)cccc2cn1. The first-order valence-corrected chi connectivity index (χ1v) is 4.01. The van der Waals surface area contributed by atoms with Gasteiger partial charge in [0, 0.05) is 17.0 Å². The fourth-order valence-corrected chi connectivity index (χ4v) is 1.31. The predicted molar refractivity (Wildman–Crippen MR) is 51.3 cm³/mol. The Hall–Kier alpha value is -2.12. The zero-order chi connectivity index (χ0) is 9.97. The molecule has 2 aromatic rings. The third-order valence-electron chi connectivity index (χ3n) is 1.97. The monoisotopic (exact) mass is 185 g/mol. The molecule has 1 aromatic heterocycles. The Balaban J connectivity index is 2.78. The molecule has 4 nitrogen and oxygen atoms in total. The Kier molecular flexibility index (Phi) is 2.01. The molecule has 0 spiro atoms. The van der Waals surface area contributed by atoms with Crippen molar-refractivity contribution in [3.05, 3.63) is 36.2 Å². The van der Waals surface area contributed by atoms with E-state index in [0.717, 1.165) is 10.8 Å². The van der Waals surface area contributed by atoms with Crippen molar-refractivity contribution in [2.24, 2.45) is 5.90 Å². The zero-order valence-electron chi connectivity index (χ0n) is 7.27. The van der Waals surface area contributed by atoms with Crippen LogP contribution < -0.4 is 10.7 Å². The number of rotatable bonds is 1. The van der Waals surface area contributed by atoms with Gasteiger partial charge in [0.1, 0.15) is 11.8 Å². The molecule has 68 valence electrons. The van der Waals surface area contributed by atoms with Gasteiger partial charge in [-0.3, -0.25) is 0 Å². The number of nitrogens with zero attached hydrogens (tertiary/aromatic N) is 2. The van der Waals surface area contributed by atoms with Crippen LogP contribution in [-0.2, 0) is 0 Å². The van der Waals surface area contributed by atoms with Crippen LogP contribution in [-0.4, -0.2) is 4.98 Å². The summed E-state index contributed by atoms with van der Waals surface area (Å²) in [6, 6.07) is 9.05. The molecule has 0 radical (unpaired) electrons. The smallest absolute Gasteiger partial charge is 0.154 e. The molecular weight excluding hydrogens is 178 g/mol. The van der Waals surface area contributed by atoms with E-state index in [1.807, 2.05) is 18.2 Å². The van der Waals surface area contributed by atoms with Crippen molar-refractivity contribution in [2.75, 3.05) is 0 Å². The van der Waals surface area contributed by atoms with Crippen molar-refractivity contribution in [3.8, 4) is 11.8 Å². The second-order valence-electron chi connectivity index (χ2n) is 2.78. The summed E-state index contributed by atoms with van der Waals surface area (Å²) >= 11 is 0. The number of hydrogen-bond donors (Lipinski definition) is 1. The van der Waals surface area contributed by atoms with Crippen molar-refractivity contribution in [1.82, 2.24) is 4.98 Å². The van der Waals surface area contributed by atoms with Gasteiger partial charge in [-0.15, -0.1) is 0 Å².